The number of ether oxygens (including phenoxy) is 1. The standard InChI is InChI=1S/C10H14N2OS/c1-14-9-2-3-10(11-6-9)12-8-4-5-13-7-8/h2-3,6,8H,4-5,7H2,1H3,(H,11,12). The Hall–Kier alpha value is -0.740. The molecule has 76 valence electrons. The van der Waals surface area contributed by atoms with E-state index in [1.54, 1.807) is 11.8 Å². The van der Waals surface area contributed by atoms with E-state index in [1.807, 2.05) is 12.3 Å². The van der Waals surface area contributed by atoms with Gasteiger partial charge in [0.25, 0.3) is 0 Å². The van der Waals surface area contributed by atoms with Gasteiger partial charge in [-0.05, 0) is 24.8 Å². The van der Waals surface area contributed by atoms with Gasteiger partial charge in [0.2, 0.25) is 0 Å². The van der Waals surface area contributed by atoms with Crippen molar-refractivity contribution >= 4 is 17.6 Å². The molecule has 0 bridgehead atoms. The first-order valence-electron chi connectivity index (χ1n) is 4.73. The number of pyridine rings is 1. The van der Waals surface area contributed by atoms with Gasteiger partial charge in [-0.2, -0.15) is 0 Å². The first-order chi connectivity index (χ1) is 6.88. The topological polar surface area (TPSA) is 34.1 Å². The average molecular weight is 210 g/mol. The molecule has 2 rings (SSSR count). The van der Waals surface area contributed by atoms with Gasteiger partial charge in [-0.25, -0.2) is 4.98 Å². The Bertz CT molecular complexity index is 283. The Balaban J connectivity index is 1.95. The van der Waals surface area contributed by atoms with Crippen LogP contribution in [0.3, 0.4) is 0 Å². The highest BCUT2D eigenvalue weighted by Crippen LogP contribution is 2.16. The third-order valence-electron chi connectivity index (χ3n) is 2.25. The molecule has 14 heavy (non-hydrogen) atoms. The van der Waals surface area contributed by atoms with Crippen LogP contribution in [0, 0.1) is 0 Å². The zero-order valence-corrected chi connectivity index (χ0v) is 9.01. The summed E-state index contributed by atoms with van der Waals surface area (Å²) >= 11 is 1.71. The van der Waals surface area contributed by atoms with E-state index in [-0.39, 0.29) is 0 Å². The van der Waals surface area contributed by atoms with E-state index in [1.165, 1.54) is 4.90 Å². The molecule has 1 aromatic heterocycles. The molecule has 1 aliphatic heterocycles. The van der Waals surface area contributed by atoms with Crippen molar-refractivity contribution in [2.75, 3.05) is 24.8 Å². The molecule has 1 aromatic rings. The van der Waals surface area contributed by atoms with E-state index in [2.05, 4.69) is 22.6 Å². The van der Waals surface area contributed by atoms with Crippen LogP contribution in [0.5, 0.6) is 0 Å². The predicted octanol–water partition coefficient (Wildman–Crippen LogP) is 2.00. The van der Waals surface area contributed by atoms with Crippen molar-refractivity contribution in [3.63, 3.8) is 0 Å². The van der Waals surface area contributed by atoms with Gasteiger partial charge in [-0.3, -0.25) is 0 Å². The maximum atomic E-state index is 5.28. The number of aromatic nitrogens is 1. The molecule has 1 fully saturated rings. The van der Waals surface area contributed by atoms with E-state index < -0.39 is 0 Å². The van der Waals surface area contributed by atoms with Crippen molar-refractivity contribution in [2.24, 2.45) is 0 Å². The zero-order chi connectivity index (χ0) is 9.80. The molecule has 0 aromatic carbocycles. The largest absolute Gasteiger partial charge is 0.379 e. The van der Waals surface area contributed by atoms with Crippen LogP contribution >= 0.6 is 11.8 Å². The molecule has 0 amide bonds. The first-order valence-corrected chi connectivity index (χ1v) is 5.95. The van der Waals surface area contributed by atoms with Crippen molar-refractivity contribution in [3.8, 4) is 0 Å². The van der Waals surface area contributed by atoms with E-state index >= 15 is 0 Å². The fraction of sp³-hybridized carbons (Fsp3) is 0.500. The number of hydrogen-bond acceptors (Lipinski definition) is 4. The van der Waals surface area contributed by atoms with E-state index in [9.17, 15) is 0 Å². The molecule has 1 aliphatic rings. The number of rotatable bonds is 3. The molecule has 3 nitrogen and oxygen atoms in total. The fourth-order valence-corrected chi connectivity index (χ4v) is 1.81. The molecule has 0 spiro atoms. The Morgan fingerprint density at radius 2 is 2.50 bits per heavy atom. The highest BCUT2D eigenvalue weighted by molar-refractivity contribution is 7.98. The number of nitrogens with zero attached hydrogens (tertiary/aromatic N) is 1. The van der Waals surface area contributed by atoms with Gasteiger partial charge < -0.3 is 10.1 Å². The summed E-state index contributed by atoms with van der Waals surface area (Å²) < 4.78 is 5.28. The van der Waals surface area contributed by atoms with Crippen LogP contribution in [0.1, 0.15) is 6.42 Å². The fourth-order valence-electron chi connectivity index (χ4n) is 1.44. The Labute approximate surface area is 88.3 Å². The lowest BCUT2D eigenvalue weighted by molar-refractivity contribution is 0.195. The molecule has 4 heteroatoms. The summed E-state index contributed by atoms with van der Waals surface area (Å²) in [6.45, 7) is 1.66. The van der Waals surface area contributed by atoms with Crippen LogP contribution in [-0.4, -0.2) is 30.5 Å². The Kier molecular flexibility index (Phi) is 3.26. The number of thioether (sulfide) groups is 1. The molecular formula is C10H14N2OS. The van der Waals surface area contributed by atoms with Crippen molar-refractivity contribution in [1.29, 1.82) is 0 Å². The van der Waals surface area contributed by atoms with Gasteiger partial charge in [0.05, 0.1) is 12.6 Å². The zero-order valence-electron chi connectivity index (χ0n) is 8.19. The molecular weight excluding hydrogens is 196 g/mol. The molecule has 0 aliphatic carbocycles. The predicted molar refractivity (Wildman–Crippen MR) is 58.9 cm³/mol. The smallest absolute Gasteiger partial charge is 0.126 e. The van der Waals surface area contributed by atoms with Crippen LogP contribution in [0.25, 0.3) is 0 Å². The van der Waals surface area contributed by atoms with Crippen molar-refractivity contribution in [2.45, 2.75) is 17.4 Å². The minimum absolute atomic E-state index is 0.433. The van der Waals surface area contributed by atoms with Crippen LogP contribution in [0.2, 0.25) is 0 Å². The second-order valence-electron chi connectivity index (χ2n) is 3.29. The lowest BCUT2D eigenvalue weighted by atomic mass is 10.2. The number of hydrogen-bond donors (Lipinski definition) is 1. The normalized spacial score (nSPS) is 21.1. The summed E-state index contributed by atoms with van der Waals surface area (Å²) in [5, 5.41) is 3.35. The van der Waals surface area contributed by atoms with E-state index in [0.29, 0.717) is 6.04 Å². The van der Waals surface area contributed by atoms with Crippen molar-refractivity contribution in [1.82, 2.24) is 4.98 Å². The highest BCUT2D eigenvalue weighted by Gasteiger charge is 2.15. The van der Waals surface area contributed by atoms with Gasteiger partial charge in [0.1, 0.15) is 5.82 Å². The highest BCUT2D eigenvalue weighted by atomic mass is 32.2. The second kappa shape index (κ2) is 4.66. The minimum atomic E-state index is 0.433. The Morgan fingerprint density at radius 3 is 3.07 bits per heavy atom. The summed E-state index contributed by atoms with van der Waals surface area (Å²) in [4.78, 5) is 5.52. The Morgan fingerprint density at radius 1 is 1.57 bits per heavy atom. The van der Waals surface area contributed by atoms with Gasteiger partial charge in [0, 0.05) is 17.7 Å². The summed E-state index contributed by atoms with van der Waals surface area (Å²) in [5.74, 6) is 0.943. The SMILES string of the molecule is CSc1ccc(NC2CCOC2)nc1. The minimum Gasteiger partial charge on any atom is -0.379 e. The summed E-state index contributed by atoms with van der Waals surface area (Å²) in [5.41, 5.74) is 0. The van der Waals surface area contributed by atoms with Crippen LogP contribution in [0.4, 0.5) is 5.82 Å². The second-order valence-corrected chi connectivity index (χ2v) is 4.17. The van der Waals surface area contributed by atoms with Gasteiger partial charge in [0.15, 0.2) is 0 Å². The van der Waals surface area contributed by atoms with E-state index in [4.69, 9.17) is 4.74 Å². The summed E-state index contributed by atoms with van der Waals surface area (Å²) in [6, 6.07) is 4.53. The molecule has 2 heterocycles. The molecule has 1 atom stereocenters. The third-order valence-corrected chi connectivity index (χ3v) is 2.97. The molecule has 0 saturated carbocycles. The van der Waals surface area contributed by atoms with Gasteiger partial charge in [-0.15, -0.1) is 11.8 Å². The third kappa shape index (κ3) is 2.39. The summed E-state index contributed by atoms with van der Waals surface area (Å²) in [7, 11) is 0. The average Bonchev–Trinajstić information content (AvgIpc) is 2.72. The molecule has 1 saturated heterocycles. The van der Waals surface area contributed by atoms with E-state index in [0.717, 1.165) is 25.5 Å². The molecule has 1 unspecified atom stereocenters. The van der Waals surface area contributed by atoms with Crippen LogP contribution in [0.15, 0.2) is 23.2 Å². The maximum Gasteiger partial charge on any atom is 0.126 e. The monoisotopic (exact) mass is 210 g/mol. The maximum absolute atomic E-state index is 5.28. The number of anilines is 1. The lowest BCUT2D eigenvalue weighted by Crippen LogP contribution is -2.19. The van der Waals surface area contributed by atoms with Crippen LogP contribution in [-0.2, 0) is 4.74 Å². The van der Waals surface area contributed by atoms with Crippen molar-refractivity contribution in [3.05, 3.63) is 18.3 Å². The summed E-state index contributed by atoms with van der Waals surface area (Å²) in [6.07, 6.45) is 5.02. The number of nitrogens with one attached hydrogen (secondary N) is 1. The van der Waals surface area contributed by atoms with Gasteiger partial charge in [-0.1, -0.05) is 0 Å². The van der Waals surface area contributed by atoms with Crippen LogP contribution < -0.4 is 5.32 Å². The lowest BCUT2D eigenvalue weighted by Gasteiger charge is -2.10. The van der Waals surface area contributed by atoms with Crippen molar-refractivity contribution < 1.29 is 4.74 Å². The van der Waals surface area contributed by atoms with Gasteiger partial charge >= 0.3 is 0 Å². The quantitative estimate of drug-likeness (QED) is 0.774. The molecule has 0 radical (unpaired) electrons. The molecule has 1 N–H and O–H groups in total. The first kappa shape index (κ1) is 9.80.